The highest BCUT2D eigenvalue weighted by Gasteiger charge is 2.24. The molecular weight excluding hydrogens is 462 g/mol. The first-order valence-electron chi connectivity index (χ1n) is 8.39. The van der Waals surface area contributed by atoms with E-state index >= 15 is 0 Å². The van der Waals surface area contributed by atoms with Crippen LogP contribution in [-0.2, 0) is 6.54 Å². The summed E-state index contributed by atoms with van der Waals surface area (Å²) in [6.07, 6.45) is 1.39. The van der Waals surface area contributed by atoms with Gasteiger partial charge in [-0.25, -0.2) is 10.1 Å². The van der Waals surface area contributed by atoms with Crippen molar-refractivity contribution >= 4 is 33.9 Å². The lowest BCUT2D eigenvalue weighted by Gasteiger charge is -2.11. The van der Waals surface area contributed by atoms with Crippen molar-refractivity contribution in [3.63, 3.8) is 0 Å². The summed E-state index contributed by atoms with van der Waals surface area (Å²) in [5.74, 6) is -0.230. The summed E-state index contributed by atoms with van der Waals surface area (Å²) >= 11 is 3.22. The monoisotopic (exact) mass is 479 g/mol. The first-order valence-corrected chi connectivity index (χ1v) is 9.18. The van der Waals surface area contributed by atoms with E-state index in [9.17, 15) is 9.90 Å². The Morgan fingerprint density at radius 1 is 1.47 bits per heavy atom. The van der Waals surface area contributed by atoms with Crippen LogP contribution in [0.25, 0.3) is 5.82 Å². The summed E-state index contributed by atoms with van der Waals surface area (Å²) < 4.78 is 11.4. The molecule has 0 unspecified atom stereocenters. The van der Waals surface area contributed by atoms with Crippen LogP contribution in [0.15, 0.2) is 26.3 Å². The average Bonchev–Trinajstić information content (AvgIpc) is 3.29. The van der Waals surface area contributed by atoms with Gasteiger partial charge in [-0.1, -0.05) is 5.21 Å². The largest absolute Gasteiger partial charge is 0.503 e. The minimum atomic E-state index is -0.589. The van der Waals surface area contributed by atoms with Gasteiger partial charge in [0.25, 0.3) is 5.91 Å². The number of nitrogen functional groups attached to an aromatic ring is 1. The Hall–Kier alpha value is -3.52. The van der Waals surface area contributed by atoms with Gasteiger partial charge in [-0.05, 0) is 58.0 Å². The van der Waals surface area contributed by atoms with Crippen molar-refractivity contribution in [2.75, 3.05) is 26.9 Å². The van der Waals surface area contributed by atoms with Crippen LogP contribution < -0.4 is 15.9 Å². The van der Waals surface area contributed by atoms with Gasteiger partial charge in [0, 0.05) is 6.54 Å². The lowest BCUT2D eigenvalue weighted by molar-refractivity contribution is 0.0948. The van der Waals surface area contributed by atoms with Crippen LogP contribution in [0.3, 0.4) is 0 Å². The maximum absolute atomic E-state index is 12.6. The minimum absolute atomic E-state index is 0.0109. The number of nitrogens with zero attached hydrogens (tertiary/aromatic N) is 7. The molecule has 3 aromatic rings. The number of carbonyl (C=O) groups is 1. The molecule has 1 amide bonds. The lowest BCUT2D eigenvalue weighted by atomic mass is 10.2. The summed E-state index contributed by atoms with van der Waals surface area (Å²) in [5, 5.41) is 28.8. The highest BCUT2D eigenvalue weighted by molar-refractivity contribution is 9.10. The number of phenols is 1. The van der Waals surface area contributed by atoms with E-state index in [4.69, 9.17) is 10.5 Å². The van der Waals surface area contributed by atoms with E-state index in [1.165, 1.54) is 18.0 Å². The predicted molar refractivity (Wildman–Crippen MR) is 108 cm³/mol. The van der Waals surface area contributed by atoms with Gasteiger partial charge in [0.15, 0.2) is 17.2 Å². The molecule has 0 fully saturated rings. The van der Waals surface area contributed by atoms with Gasteiger partial charge in [0.2, 0.25) is 11.6 Å². The van der Waals surface area contributed by atoms with Crippen LogP contribution in [-0.4, -0.2) is 68.6 Å². The van der Waals surface area contributed by atoms with E-state index < -0.39 is 5.91 Å². The zero-order valence-corrected chi connectivity index (χ0v) is 17.8. The predicted octanol–water partition coefficient (Wildman–Crippen LogP) is 0.535. The first kappa shape index (κ1) is 21.2. The molecule has 0 aliphatic carbocycles. The maximum atomic E-state index is 12.6. The quantitative estimate of drug-likeness (QED) is 0.320. The van der Waals surface area contributed by atoms with Crippen LogP contribution in [0.5, 0.6) is 11.5 Å². The summed E-state index contributed by atoms with van der Waals surface area (Å²) in [7, 11) is 5.06. The first-order chi connectivity index (χ1) is 14.3. The van der Waals surface area contributed by atoms with E-state index in [1.807, 2.05) is 19.0 Å². The third kappa shape index (κ3) is 4.38. The Balaban J connectivity index is 1.84. The zero-order chi connectivity index (χ0) is 21.8. The Bertz CT molecular complexity index is 1090. The van der Waals surface area contributed by atoms with E-state index in [2.05, 4.69) is 51.7 Å². The molecule has 0 atom stereocenters. The van der Waals surface area contributed by atoms with Crippen LogP contribution in [0.1, 0.15) is 21.7 Å². The molecule has 0 bridgehead atoms. The number of hydrogen-bond acceptors (Lipinski definition) is 11. The molecule has 2 aromatic heterocycles. The number of benzene rings is 1. The number of halogens is 1. The smallest absolute Gasteiger partial charge is 0.293 e. The van der Waals surface area contributed by atoms with Crippen molar-refractivity contribution in [3.8, 4) is 17.3 Å². The number of ether oxygens (including phenoxy) is 1. The molecule has 0 aliphatic rings. The van der Waals surface area contributed by atoms with Crippen molar-refractivity contribution in [2.45, 2.75) is 6.54 Å². The van der Waals surface area contributed by atoms with E-state index in [0.717, 1.165) is 0 Å². The molecular formula is C16H18BrN9O4. The number of carbonyl (C=O) groups excluding carboxylic acids is 1. The zero-order valence-electron chi connectivity index (χ0n) is 16.2. The SMILES string of the molecule is COc1cc(/C=N/NC(=O)c2nnn(-c3nonc3N)c2CN(C)C)cc(Br)c1O. The van der Waals surface area contributed by atoms with Gasteiger partial charge in [-0.2, -0.15) is 9.78 Å². The lowest BCUT2D eigenvalue weighted by Crippen LogP contribution is -2.23. The fourth-order valence-electron chi connectivity index (χ4n) is 2.47. The summed E-state index contributed by atoms with van der Waals surface area (Å²) in [4.78, 5) is 14.4. The summed E-state index contributed by atoms with van der Waals surface area (Å²) in [6.45, 7) is 0.313. The molecule has 158 valence electrons. The van der Waals surface area contributed by atoms with E-state index in [1.54, 1.807) is 12.1 Å². The number of phenolic OH excluding ortho intramolecular Hbond substituents is 1. The highest BCUT2D eigenvalue weighted by Crippen LogP contribution is 2.34. The number of hydrazone groups is 1. The van der Waals surface area contributed by atoms with Gasteiger partial charge in [-0.15, -0.1) is 5.10 Å². The van der Waals surface area contributed by atoms with Gasteiger partial charge in [0.1, 0.15) is 0 Å². The van der Waals surface area contributed by atoms with Crippen molar-refractivity contribution < 1.29 is 19.3 Å². The molecule has 2 heterocycles. The number of hydrogen-bond donors (Lipinski definition) is 3. The second-order valence-electron chi connectivity index (χ2n) is 6.26. The fourth-order valence-corrected chi connectivity index (χ4v) is 2.93. The van der Waals surface area contributed by atoms with Gasteiger partial charge < -0.3 is 20.5 Å². The van der Waals surface area contributed by atoms with Crippen molar-refractivity contribution in [1.82, 2.24) is 35.6 Å². The number of anilines is 1. The Morgan fingerprint density at radius 2 is 2.23 bits per heavy atom. The van der Waals surface area contributed by atoms with Crippen LogP contribution >= 0.6 is 15.9 Å². The number of amides is 1. The number of rotatable bonds is 7. The molecule has 0 saturated heterocycles. The highest BCUT2D eigenvalue weighted by atomic mass is 79.9. The molecule has 3 rings (SSSR count). The number of aromatic nitrogens is 5. The fraction of sp³-hybridized carbons (Fsp3) is 0.250. The molecule has 1 aromatic carbocycles. The van der Waals surface area contributed by atoms with E-state index in [0.29, 0.717) is 22.3 Å². The molecule has 0 spiro atoms. The topological polar surface area (TPSA) is 170 Å². The van der Waals surface area contributed by atoms with Crippen LogP contribution in [0.4, 0.5) is 5.82 Å². The van der Waals surface area contributed by atoms with Crippen molar-refractivity contribution in [3.05, 3.63) is 33.6 Å². The molecule has 0 aliphatic heterocycles. The number of methoxy groups -OCH3 is 1. The van der Waals surface area contributed by atoms with Crippen LogP contribution in [0, 0.1) is 0 Å². The maximum Gasteiger partial charge on any atom is 0.293 e. The number of nitrogens with two attached hydrogens (primary N) is 1. The summed E-state index contributed by atoms with van der Waals surface area (Å²) in [5.41, 5.74) is 9.15. The molecule has 14 heteroatoms. The third-order valence-electron chi connectivity index (χ3n) is 3.79. The molecule has 4 N–H and O–H groups in total. The summed E-state index contributed by atoms with van der Waals surface area (Å²) in [6, 6.07) is 3.17. The molecule has 30 heavy (non-hydrogen) atoms. The Morgan fingerprint density at radius 3 is 2.87 bits per heavy atom. The van der Waals surface area contributed by atoms with Gasteiger partial charge in [-0.3, -0.25) is 4.79 Å². The molecule has 0 radical (unpaired) electrons. The second-order valence-corrected chi connectivity index (χ2v) is 7.11. The molecule has 0 saturated carbocycles. The average molecular weight is 480 g/mol. The van der Waals surface area contributed by atoms with Gasteiger partial charge >= 0.3 is 0 Å². The standard InChI is InChI=1S/C16H18BrN9O4/c1-25(2)7-10-12(20-24-26(10)15-14(18)22-30-23-15)16(28)21-19-6-8-4-9(17)13(27)11(5-8)29-3/h4-6,27H,7H2,1-3H3,(H2,18,22)(H,21,28)/b19-6+. The van der Waals surface area contributed by atoms with Crippen molar-refractivity contribution in [1.29, 1.82) is 0 Å². The number of nitrogens with one attached hydrogen (secondary N) is 1. The normalized spacial score (nSPS) is 11.4. The van der Waals surface area contributed by atoms with Gasteiger partial charge in [0.05, 0.1) is 23.5 Å². The van der Waals surface area contributed by atoms with Crippen molar-refractivity contribution in [2.24, 2.45) is 5.10 Å². The van der Waals surface area contributed by atoms with Crippen LogP contribution in [0.2, 0.25) is 0 Å². The molecule has 13 nitrogen and oxygen atoms in total. The number of aromatic hydroxyl groups is 1. The Labute approximate surface area is 178 Å². The second kappa shape index (κ2) is 8.87. The Kier molecular flexibility index (Phi) is 6.27. The van der Waals surface area contributed by atoms with E-state index in [-0.39, 0.29) is 28.8 Å². The third-order valence-corrected chi connectivity index (χ3v) is 4.40. The minimum Gasteiger partial charge on any atom is -0.503 e.